The number of rotatable bonds is 3. The van der Waals surface area contributed by atoms with Crippen LogP contribution in [0.5, 0.6) is 0 Å². The monoisotopic (exact) mass is 313 g/mol. The summed E-state index contributed by atoms with van der Waals surface area (Å²) in [5.74, 6) is -0.315. The normalized spacial score (nSPS) is 21.6. The van der Waals surface area contributed by atoms with Gasteiger partial charge in [-0.3, -0.25) is 4.79 Å². The molecule has 0 N–H and O–H groups in total. The van der Waals surface area contributed by atoms with Crippen LogP contribution in [0.15, 0.2) is 30.3 Å². The van der Waals surface area contributed by atoms with Crippen molar-refractivity contribution in [2.24, 2.45) is 5.41 Å². The van der Waals surface area contributed by atoms with Crippen LogP contribution in [-0.4, -0.2) is 31.0 Å². The SMILES string of the molecule is CC(C)(C)C(c1ccccc1)N1CC(S(=O)(=O)F)CC1=O. The maximum absolute atomic E-state index is 13.2. The maximum Gasteiger partial charge on any atom is 0.307 e. The van der Waals surface area contributed by atoms with E-state index < -0.39 is 15.5 Å². The minimum Gasteiger partial charge on any atom is -0.334 e. The van der Waals surface area contributed by atoms with E-state index in [9.17, 15) is 17.1 Å². The minimum atomic E-state index is -4.69. The number of carbonyl (C=O) groups is 1. The molecular weight excluding hydrogens is 293 g/mol. The summed E-state index contributed by atoms with van der Waals surface area (Å²) in [6.45, 7) is 5.86. The van der Waals surface area contributed by atoms with Gasteiger partial charge in [0.05, 0.1) is 6.04 Å². The first-order chi connectivity index (χ1) is 9.60. The first kappa shape index (κ1) is 15.9. The van der Waals surface area contributed by atoms with E-state index in [-0.39, 0.29) is 30.3 Å². The van der Waals surface area contributed by atoms with Gasteiger partial charge in [0.25, 0.3) is 0 Å². The van der Waals surface area contributed by atoms with E-state index in [2.05, 4.69) is 0 Å². The summed E-state index contributed by atoms with van der Waals surface area (Å²) in [6.07, 6.45) is -0.280. The lowest BCUT2D eigenvalue weighted by atomic mass is 9.81. The van der Waals surface area contributed by atoms with Gasteiger partial charge in [0, 0.05) is 13.0 Å². The van der Waals surface area contributed by atoms with Crippen LogP contribution in [0.1, 0.15) is 38.8 Å². The van der Waals surface area contributed by atoms with Crippen molar-refractivity contribution < 1.29 is 17.1 Å². The average Bonchev–Trinajstić information content (AvgIpc) is 2.71. The van der Waals surface area contributed by atoms with Crippen LogP contribution in [0.25, 0.3) is 0 Å². The largest absolute Gasteiger partial charge is 0.334 e. The van der Waals surface area contributed by atoms with E-state index in [1.807, 2.05) is 51.1 Å². The first-order valence-electron chi connectivity index (χ1n) is 6.88. The summed E-state index contributed by atoms with van der Waals surface area (Å²) in [6, 6.07) is 9.15. The number of halogens is 1. The van der Waals surface area contributed by atoms with Crippen molar-refractivity contribution >= 4 is 16.1 Å². The molecule has 0 bridgehead atoms. The smallest absolute Gasteiger partial charge is 0.307 e. The second-order valence-electron chi connectivity index (χ2n) is 6.53. The summed E-state index contributed by atoms with van der Waals surface area (Å²) in [7, 11) is -4.69. The molecule has 1 aliphatic heterocycles. The molecule has 1 aromatic carbocycles. The number of nitrogens with zero attached hydrogens (tertiary/aromatic N) is 1. The zero-order valence-corrected chi connectivity index (χ0v) is 13.2. The van der Waals surface area contributed by atoms with Gasteiger partial charge in [0.2, 0.25) is 5.91 Å². The maximum atomic E-state index is 13.2. The molecule has 0 saturated carbocycles. The molecule has 116 valence electrons. The van der Waals surface area contributed by atoms with Gasteiger partial charge in [-0.1, -0.05) is 51.1 Å². The molecule has 21 heavy (non-hydrogen) atoms. The third-order valence-electron chi connectivity index (χ3n) is 3.77. The molecule has 0 aromatic heterocycles. The van der Waals surface area contributed by atoms with Crippen LogP contribution in [0.4, 0.5) is 3.89 Å². The Morgan fingerprint density at radius 1 is 1.24 bits per heavy atom. The van der Waals surface area contributed by atoms with Crippen LogP contribution in [0.3, 0.4) is 0 Å². The lowest BCUT2D eigenvalue weighted by Gasteiger charge is -2.38. The highest BCUT2D eigenvalue weighted by Gasteiger charge is 2.44. The summed E-state index contributed by atoms with van der Waals surface area (Å²) in [5, 5.41) is -1.25. The lowest BCUT2D eigenvalue weighted by molar-refractivity contribution is -0.132. The molecule has 4 nitrogen and oxygen atoms in total. The average molecular weight is 313 g/mol. The fraction of sp³-hybridized carbons (Fsp3) is 0.533. The topological polar surface area (TPSA) is 54.5 Å². The van der Waals surface area contributed by atoms with Gasteiger partial charge < -0.3 is 4.90 Å². The Labute approximate surface area is 125 Å². The third kappa shape index (κ3) is 3.43. The molecule has 1 aliphatic rings. The molecule has 0 spiro atoms. The van der Waals surface area contributed by atoms with Gasteiger partial charge in [-0.2, -0.15) is 8.42 Å². The van der Waals surface area contributed by atoms with Crippen molar-refractivity contribution in [1.82, 2.24) is 4.90 Å². The molecule has 0 aliphatic carbocycles. The Morgan fingerprint density at radius 2 is 1.81 bits per heavy atom. The summed E-state index contributed by atoms with van der Waals surface area (Å²) in [4.78, 5) is 13.7. The number of hydrogen-bond acceptors (Lipinski definition) is 3. The number of hydrogen-bond donors (Lipinski definition) is 0. The summed E-state index contributed by atoms with van der Waals surface area (Å²) >= 11 is 0. The van der Waals surface area contributed by atoms with Crippen molar-refractivity contribution in [3.05, 3.63) is 35.9 Å². The molecule has 1 amide bonds. The number of benzene rings is 1. The second kappa shape index (κ2) is 5.40. The standard InChI is InChI=1S/C15H20FNO3S/c1-15(2,3)14(11-7-5-4-6-8-11)17-10-12(9-13(17)18)21(16,19)20/h4-8,12,14H,9-10H2,1-3H3. The molecule has 6 heteroatoms. The highest BCUT2D eigenvalue weighted by molar-refractivity contribution is 7.87. The van der Waals surface area contributed by atoms with Gasteiger partial charge in [-0.15, -0.1) is 3.89 Å². The third-order valence-corrected chi connectivity index (χ3v) is 4.88. The molecule has 0 radical (unpaired) electrons. The van der Waals surface area contributed by atoms with Crippen molar-refractivity contribution in [1.29, 1.82) is 0 Å². The Bertz CT molecular complexity index is 622. The van der Waals surface area contributed by atoms with Crippen LogP contribution >= 0.6 is 0 Å². The molecule has 2 atom stereocenters. The highest BCUT2D eigenvalue weighted by atomic mass is 32.3. The van der Waals surface area contributed by atoms with Crippen molar-refractivity contribution in [2.75, 3.05) is 6.54 Å². The van der Waals surface area contributed by atoms with E-state index in [0.717, 1.165) is 5.56 Å². The zero-order valence-electron chi connectivity index (χ0n) is 12.4. The predicted molar refractivity (Wildman–Crippen MR) is 78.8 cm³/mol. The molecule has 1 fully saturated rings. The Balaban J connectivity index is 2.38. The van der Waals surface area contributed by atoms with Gasteiger partial charge >= 0.3 is 10.2 Å². The van der Waals surface area contributed by atoms with Crippen molar-refractivity contribution in [3.8, 4) is 0 Å². The van der Waals surface area contributed by atoms with Crippen LogP contribution in [-0.2, 0) is 15.0 Å². The molecule has 1 heterocycles. The molecule has 2 unspecified atom stereocenters. The van der Waals surface area contributed by atoms with Gasteiger partial charge in [0.1, 0.15) is 5.25 Å². The molecule has 1 aromatic rings. The van der Waals surface area contributed by atoms with Crippen LogP contribution in [0.2, 0.25) is 0 Å². The van der Waals surface area contributed by atoms with E-state index in [0.29, 0.717) is 0 Å². The van der Waals surface area contributed by atoms with Gasteiger partial charge in [0.15, 0.2) is 0 Å². The number of carbonyl (C=O) groups excluding carboxylic acids is 1. The van der Waals surface area contributed by atoms with Crippen LogP contribution < -0.4 is 0 Å². The van der Waals surface area contributed by atoms with E-state index in [4.69, 9.17) is 0 Å². The highest BCUT2D eigenvalue weighted by Crippen LogP contribution is 2.40. The Hall–Kier alpha value is -1.43. The molecule has 1 saturated heterocycles. The van der Waals surface area contributed by atoms with E-state index in [1.54, 1.807) is 0 Å². The molecular formula is C15H20FNO3S. The van der Waals surface area contributed by atoms with Crippen molar-refractivity contribution in [3.63, 3.8) is 0 Å². The number of likely N-dealkylation sites (tertiary alicyclic amines) is 1. The molecule has 2 rings (SSSR count). The number of amides is 1. The fourth-order valence-corrected chi connectivity index (χ4v) is 3.60. The van der Waals surface area contributed by atoms with Crippen molar-refractivity contribution in [2.45, 2.75) is 38.5 Å². The quantitative estimate of drug-likeness (QED) is 0.806. The fourth-order valence-electron chi connectivity index (χ4n) is 2.92. The summed E-state index contributed by atoms with van der Waals surface area (Å²) in [5.41, 5.74) is 0.640. The predicted octanol–water partition coefficient (Wildman–Crippen LogP) is 2.67. The summed E-state index contributed by atoms with van der Waals surface area (Å²) < 4.78 is 35.4. The first-order valence-corrected chi connectivity index (χ1v) is 8.33. The van der Waals surface area contributed by atoms with Gasteiger partial charge in [-0.25, -0.2) is 0 Å². The zero-order chi connectivity index (χ0) is 15.8. The minimum absolute atomic E-state index is 0.0888. The van der Waals surface area contributed by atoms with Crippen LogP contribution in [0, 0.1) is 5.41 Å². The lowest BCUT2D eigenvalue weighted by Crippen LogP contribution is -2.38. The van der Waals surface area contributed by atoms with E-state index >= 15 is 0 Å². The van der Waals surface area contributed by atoms with Gasteiger partial charge in [-0.05, 0) is 11.0 Å². The second-order valence-corrected chi connectivity index (χ2v) is 8.14. The Morgan fingerprint density at radius 3 is 2.24 bits per heavy atom. The Kier molecular flexibility index (Phi) is 4.10. The van der Waals surface area contributed by atoms with E-state index in [1.165, 1.54) is 4.90 Å².